The van der Waals surface area contributed by atoms with Gasteiger partial charge < -0.3 is 10.1 Å². The van der Waals surface area contributed by atoms with Crippen LogP contribution in [0.25, 0.3) is 6.08 Å². The van der Waals surface area contributed by atoms with Crippen LogP contribution in [0.4, 0.5) is 5.69 Å². The van der Waals surface area contributed by atoms with Crippen molar-refractivity contribution in [3.8, 4) is 5.75 Å². The van der Waals surface area contributed by atoms with E-state index in [-0.39, 0.29) is 12.5 Å². The van der Waals surface area contributed by atoms with E-state index >= 15 is 0 Å². The van der Waals surface area contributed by atoms with E-state index in [9.17, 15) is 4.79 Å². The maximum Gasteiger partial charge on any atom is 0.259 e. The molecule has 0 aliphatic carbocycles. The number of anilines is 1. The summed E-state index contributed by atoms with van der Waals surface area (Å²) in [6.07, 6.45) is 3.86. The van der Waals surface area contributed by atoms with Crippen LogP contribution in [0.15, 0.2) is 96.1 Å². The molecule has 3 rings (SSSR count). The summed E-state index contributed by atoms with van der Waals surface area (Å²) in [6.45, 7) is 0.111. The molecule has 2 N–H and O–H groups in total. The lowest BCUT2D eigenvalue weighted by Gasteiger charge is -2.07. The number of hydrogen-bond acceptors (Lipinski definition) is 4. The van der Waals surface area contributed by atoms with Gasteiger partial charge >= 0.3 is 0 Å². The van der Waals surface area contributed by atoms with Crippen LogP contribution in [0.5, 0.6) is 5.75 Å². The number of amides is 1. The van der Waals surface area contributed by atoms with Crippen molar-refractivity contribution in [3.63, 3.8) is 0 Å². The number of methoxy groups -OCH3 is 1. The molecule has 1 amide bonds. The number of benzene rings is 3. The smallest absolute Gasteiger partial charge is 0.259 e. The number of ether oxygens (including phenoxy) is 1. The maximum atomic E-state index is 12.2. The summed E-state index contributed by atoms with van der Waals surface area (Å²) in [4.78, 5) is 12.2. The van der Waals surface area contributed by atoms with E-state index in [1.54, 1.807) is 7.11 Å². The van der Waals surface area contributed by atoms with Crippen LogP contribution in [0, 0.1) is 0 Å². The van der Waals surface area contributed by atoms with Crippen molar-refractivity contribution < 1.29 is 9.53 Å². The lowest BCUT2D eigenvalue weighted by Crippen LogP contribution is -2.26. The highest BCUT2D eigenvalue weighted by Gasteiger charge is 2.03. The van der Waals surface area contributed by atoms with E-state index in [1.165, 1.54) is 0 Å². The quantitative estimate of drug-likeness (QED) is 0.448. The molecule has 0 spiro atoms. The van der Waals surface area contributed by atoms with Crippen LogP contribution in [-0.4, -0.2) is 25.3 Å². The fourth-order valence-corrected chi connectivity index (χ4v) is 2.60. The molecule has 0 aliphatic rings. The van der Waals surface area contributed by atoms with Gasteiger partial charge in [0.05, 0.1) is 19.4 Å². The molecule has 0 saturated heterocycles. The Morgan fingerprint density at radius 3 is 2.24 bits per heavy atom. The summed E-state index contributed by atoms with van der Waals surface area (Å²) in [5, 5.41) is 7.38. The number of carbonyl (C=O) groups is 1. The number of hydrogen-bond donors (Lipinski definition) is 2. The Bertz CT molecular complexity index is 966. The molecule has 0 bridgehead atoms. The number of hydrazone groups is 1. The van der Waals surface area contributed by atoms with Crippen LogP contribution < -0.4 is 15.5 Å². The van der Waals surface area contributed by atoms with Crippen molar-refractivity contribution in [3.05, 3.63) is 102 Å². The van der Waals surface area contributed by atoms with Crippen LogP contribution in [-0.2, 0) is 4.79 Å². The van der Waals surface area contributed by atoms with Crippen molar-refractivity contribution in [2.45, 2.75) is 0 Å². The van der Waals surface area contributed by atoms with Crippen LogP contribution >= 0.6 is 0 Å². The highest BCUT2D eigenvalue weighted by atomic mass is 16.5. The Morgan fingerprint density at radius 1 is 0.931 bits per heavy atom. The van der Waals surface area contributed by atoms with Gasteiger partial charge in [-0.2, -0.15) is 5.10 Å². The lowest BCUT2D eigenvalue weighted by molar-refractivity contribution is -0.119. The monoisotopic (exact) mass is 385 g/mol. The molecule has 0 atom stereocenters. The first-order valence-electron chi connectivity index (χ1n) is 9.27. The second-order valence-corrected chi connectivity index (χ2v) is 6.22. The molecule has 5 heteroatoms. The standard InChI is InChI=1S/C24H23N3O2/c1-29-22-15-13-21(14-16-22)25-18-24(28)27-26-23(20-10-6-3-7-11-20)17-12-19-8-4-2-5-9-19/h2-17,25H,18H2,1H3,(H,27,28)/b17-12+,26-23+. The third-order valence-corrected chi connectivity index (χ3v) is 4.15. The van der Waals surface area contributed by atoms with E-state index in [0.717, 1.165) is 22.6 Å². The van der Waals surface area contributed by atoms with E-state index in [4.69, 9.17) is 4.74 Å². The van der Waals surface area contributed by atoms with Gasteiger partial charge in [-0.3, -0.25) is 4.79 Å². The van der Waals surface area contributed by atoms with Crippen LogP contribution in [0.2, 0.25) is 0 Å². The van der Waals surface area contributed by atoms with Gasteiger partial charge in [-0.15, -0.1) is 0 Å². The van der Waals surface area contributed by atoms with Crippen molar-refractivity contribution in [2.24, 2.45) is 5.10 Å². The molecule has 0 aliphatic heterocycles. The molecule has 3 aromatic carbocycles. The predicted molar refractivity (Wildman–Crippen MR) is 118 cm³/mol. The van der Waals surface area contributed by atoms with Gasteiger partial charge in [-0.05, 0) is 35.9 Å². The molecule has 29 heavy (non-hydrogen) atoms. The Morgan fingerprint density at radius 2 is 1.59 bits per heavy atom. The molecule has 0 unspecified atom stereocenters. The zero-order chi connectivity index (χ0) is 20.3. The summed E-state index contributed by atoms with van der Waals surface area (Å²) >= 11 is 0. The van der Waals surface area contributed by atoms with Gasteiger partial charge in [0.25, 0.3) is 5.91 Å². The lowest BCUT2D eigenvalue weighted by atomic mass is 10.1. The number of allylic oxidation sites excluding steroid dienone is 1. The second-order valence-electron chi connectivity index (χ2n) is 6.22. The first kappa shape index (κ1) is 19.9. The Hall–Kier alpha value is -3.86. The SMILES string of the molecule is COc1ccc(NCC(=O)N/N=C(\C=C\c2ccccc2)c2ccccc2)cc1. The van der Waals surface area contributed by atoms with Gasteiger partial charge in [0.15, 0.2) is 0 Å². The van der Waals surface area contributed by atoms with Crippen molar-refractivity contribution in [1.82, 2.24) is 5.43 Å². The normalized spacial score (nSPS) is 11.3. The molecule has 0 saturated carbocycles. The summed E-state index contributed by atoms with van der Waals surface area (Å²) < 4.78 is 5.13. The first-order valence-corrected chi connectivity index (χ1v) is 9.27. The fourth-order valence-electron chi connectivity index (χ4n) is 2.60. The van der Waals surface area contributed by atoms with Crippen LogP contribution in [0.1, 0.15) is 11.1 Å². The van der Waals surface area contributed by atoms with E-state index < -0.39 is 0 Å². The van der Waals surface area contributed by atoms with Gasteiger partial charge in [0, 0.05) is 11.3 Å². The first-order chi connectivity index (χ1) is 14.2. The van der Waals surface area contributed by atoms with Gasteiger partial charge in [0.2, 0.25) is 0 Å². The topological polar surface area (TPSA) is 62.7 Å². The maximum absolute atomic E-state index is 12.2. The minimum atomic E-state index is -0.234. The fraction of sp³-hybridized carbons (Fsp3) is 0.0833. The zero-order valence-corrected chi connectivity index (χ0v) is 16.2. The molecule has 0 heterocycles. The third-order valence-electron chi connectivity index (χ3n) is 4.15. The molecular formula is C24H23N3O2. The van der Waals surface area contributed by atoms with Gasteiger partial charge in [0.1, 0.15) is 5.75 Å². The zero-order valence-electron chi connectivity index (χ0n) is 16.2. The predicted octanol–water partition coefficient (Wildman–Crippen LogP) is 4.34. The molecule has 3 aromatic rings. The minimum absolute atomic E-state index is 0.111. The number of nitrogens with zero attached hydrogens (tertiary/aromatic N) is 1. The Kier molecular flexibility index (Phi) is 7.18. The van der Waals surface area contributed by atoms with E-state index in [1.807, 2.05) is 97.1 Å². The molecule has 0 radical (unpaired) electrons. The number of rotatable bonds is 8. The average molecular weight is 385 g/mol. The minimum Gasteiger partial charge on any atom is -0.497 e. The average Bonchev–Trinajstić information content (AvgIpc) is 2.79. The molecular weight excluding hydrogens is 362 g/mol. The third kappa shape index (κ3) is 6.36. The van der Waals surface area contributed by atoms with Crippen molar-refractivity contribution >= 4 is 23.4 Å². The van der Waals surface area contributed by atoms with Gasteiger partial charge in [-0.1, -0.05) is 66.7 Å². The molecule has 146 valence electrons. The summed E-state index contributed by atoms with van der Waals surface area (Å²) in [7, 11) is 1.62. The summed E-state index contributed by atoms with van der Waals surface area (Å²) in [5.41, 5.74) is 6.10. The van der Waals surface area contributed by atoms with Crippen LogP contribution in [0.3, 0.4) is 0 Å². The summed E-state index contributed by atoms with van der Waals surface area (Å²) in [6, 6.07) is 27.1. The van der Waals surface area contributed by atoms with Crippen molar-refractivity contribution in [2.75, 3.05) is 19.0 Å². The van der Waals surface area contributed by atoms with Gasteiger partial charge in [-0.25, -0.2) is 5.43 Å². The highest BCUT2D eigenvalue weighted by Crippen LogP contribution is 2.14. The Balaban J connectivity index is 1.65. The van der Waals surface area contributed by atoms with Crippen molar-refractivity contribution in [1.29, 1.82) is 0 Å². The number of carbonyl (C=O) groups excluding carboxylic acids is 1. The van der Waals surface area contributed by atoms with E-state index in [0.29, 0.717) is 5.71 Å². The highest BCUT2D eigenvalue weighted by molar-refractivity contribution is 6.11. The Labute approximate surface area is 170 Å². The summed E-state index contributed by atoms with van der Waals surface area (Å²) in [5.74, 6) is 0.532. The van der Waals surface area contributed by atoms with E-state index in [2.05, 4.69) is 15.8 Å². The largest absolute Gasteiger partial charge is 0.497 e. The molecule has 0 aromatic heterocycles. The molecule has 5 nitrogen and oxygen atoms in total. The number of nitrogens with one attached hydrogen (secondary N) is 2. The second kappa shape index (κ2) is 10.5. The molecule has 0 fully saturated rings.